The molecule has 0 unspecified atom stereocenters. The van der Waals surface area contributed by atoms with Crippen molar-refractivity contribution >= 4 is 25.2 Å². The quantitative estimate of drug-likeness (QED) is 0.383. The second-order valence-corrected chi connectivity index (χ2v) is 10.1. The highest BCUT2D eigenvalue weighted by Crippen LogP contribution is 2.13. The van der Waals surface area contributed by atoms with Crippen LogP contribution in [0.5, 0.6) is 0 Å². The van der Waals surface area contributed by atoms with E-state index in [0.717, 1.165) is 0 Å². The van der Waals surface area contributed by atoms with Crippen LogP contribution in [0.1, 0.15) is 6.92 Å². The fraction of sp³-hybridized carbons (Fsp3) is 0.727. The van der Waals surface area contributed by atoms with Crippen LogP contribution in [0.3, 0.4) is 0 Å². The maximum absolute atomic E-state index is 10.9. The van der Waals surface area contributed by atoms with Crippen LogP contribution in [0.25, 0.3) is 0 Å². The summed E-state index contributed by atoms with van der Waals surface area (Å²) >= 11 is 1.29. The number of ether oxygens (including phenoxy) is 1. The topological polar surface area (TPSA) is 35.5 Å². The fourth-order valence-electron chi connectivity index (χ4n) is 1.11. The maximum atomic E-state index is 10.9. The molecule has 16 heavy (non-hydrogen) atoms. The van der Waals surface area contributed by atoms with Crippen molar-refractivity contribution in [1.82, 2.24) is 0 Å². The Hall–Kier alpha value is -0.103. The van der Waals surface area contributed by atoms with Gasteiger partial charge in [0.25, 0.3) is 0 Å². The van der Waals surface area contributed by atoms with Gasteiger partial charge in [0, 0.05) is 12.7 Å². The molecule has 0 amide bonds. The highest BCUT2D eigenvalue weighted by molar-refractivity contribution is 8.13. The van der Waals surface area contributed by atoms with Gasteiger partial charge in [-0.1, -0.05) is 17.8 Å². The normalized spacial score (nSPS) is 13.5. The summed E-state index contributed by atoms with van der Waals surface area (Å²) in [6.07, 6.45) is 1.71. The summed E-state index contributed by atoms with van der Waals surface area (Å²) in [6.45, 7) is 12.6. The summed E-state index contributed by atoms with van der Waals surface area (Å²) in [5, 5.41) is 0.118. The molecule has 0 aliphatic heterocycles. The average molecular weight is 262 g/mol. The summed E-state index contributed by atoms with van der Waals surface area (Å²) in [5.74, 6) is 0.663. The summed E-state index contributed by atoms with van der Waals surface area (Å²) in [5.41, 5.74) is 0. The van der Waals surface area contributed by atoms with Crippen molar-refractivity contribution in [2.75, 3.05) is 19.0 Å². The lowest BCUT2D eigenvalue weighted by molar-refractivity contribution is -0.109. The van der Waals surface area contributed by atoms with E-state index < -0.39 is 8.32 Å². The van der Waals surface area contributed by atoms with E-state index in [-0.39, 0.29) is 11.2 Å². The third kappa shape index (κ3) is 10.4. The molecule has 0 N–H and O–H groups in total. The second kappa shape index (κ2) is 8.06. The molecule has 5 heteroatoms. The predicted octanol–water partition coefficient (Wildman–Crippen LogP) is 2.69. The van der Waals surface area contributed by atoms with Crippen molar-refractivity contribution in [3.63, 3.8) is 0 Å². The summed E-state index contributed by atoms with van der Waals surface area (Å²) in [6, 6.07) is 0. The molecule has 0 aromatic carbocycles. The van der Waals surface area contributed by atoms with Crippen LogP contribution in [0, 0.1) is 0 Å². The zero-order valence-electron chi connectivity index (χ0n) is 10.6. The third-order valence-corrected chi connectivity index (χ3v) is 3.52. The van der Waals surface area contributed by atoms with E-state index >= 15 is 0 Å². The van der Waals surface area contributed by atoms with Gasteiger partial charge in [0.2, 0.25) is 0 Å². The van der Waals surface area contributed by atoms with Crippen LogP contribution < -0.4 is 0 Å². The lowest BCUT2D eigenvalue weighted by Gasteiger charge is -2.25. The van der Waals surface area contributed by atoms with E-state index in [1.54, 1.807) is 13.0 Å². The highest BCUT2D eigenvalue weighted by atomic mass is 32.2. The Balaban J connectivity index is 4.04. The Morgan fingerprint density at radius 2 is 2.12 bits per heavy atom. The first kappa shape index (κ1) is 15.9. The Morgan fingerprint density at radius 1 is 1.50 bits per heavy atom. The van der Waals surface area contributed by atoms with E-state index in [9.17, 15) is 4.79 Å². The molecule has 0 rings (SSSR count). The van der Waals surface area contributed by atoms with Gasteiger partial charge in [-0.05, 0) is 19.6 Å². The lowest BCUT2D eigenvalue weighted by atomic mass is 10.4. The first-order chi connectivity index (χ1) is 7.35. The average Bonchev–Trinajstić information content (AvgIpc) is 2.12. The Bertz CT molecular complexity index is 226. The van der Waals surface area contributed by atoms with Gasteiger partial charge in [-0.3, -0.25) is 4.79 Å². The minimum Gasteiger partial charge on any atom is -0.412 e. The van der Waals surface area contributed by atoms with Gasteiger partial charge in [0.1, 0.15) is 0 Å². The molecule has 0 bridgehead atoms. The molecular weight excluding hydrogens is 240 g/mol. The van der Waals surface area contributed by atoms with Gasteiger partial charge in [-0.25, -0.2) is 0 Å². The standard InChI is InChI=1S/C11H22O3SSi/c1-6-7-13-8-11(9-15-10(2)12)14-16(3,4)5/h6,11H,1,7-9H2,2-5H3/t11-/m0/s1. The first-order valence-electron chi connectivity index (χ1n) is 5.35. The molecule has 0 aromatic heterocycles. The van der Waals surface area contributed by atoms with Crippen molar-refractivity contribution in [2.24, 2.45) is 0 Å². The van der Waals surface area contributed by atoms with Crippen LogP contribution in [0.2, 0.25) is 19.6 Å². The molecule has 3 nitrogen and oxygen atoms in total. The van der Waals surface area contributed by atoms with Gasteiger partial charge >= 0.3 is 0 Å². The molecule has 0 spiro atoms. The molecule has 0 aliphatic carbocycles. The molecule has 0 fully saturated rings. The number of hydrogen-bond donors (Lipinski definition) is 0. The number of carbonyl (C=O) groups excluding carboxylic acids is 1. The van der Waals surface area contributed by atoms with Gasteiger partial charge in [0.05, 0.1) is 19.3 Å². The van der Waals surface area contributed by atoms with Gasteiger partial charge in [-0.15, -0.1) is 6.58 Å². The molecule has 0 saturated heterocycles. The van der Waals surface area contributed by atoms with E-state index in [2.05, 4.69) is 26.2 Å². The Labute approximate surface area is 104 Å². The molecule has 94 valence electrons. The van der Waals surface area contributed by atoms with Crippen molar-refractivity contribution < 1.29 is 14.0 Å². The molecule has 1 atom stereocenters. The Kier molecular flexibility index (Phi) is 8.00. The summed E-state index contributed by atoms with van der Waals surface area (Å²) in [4.78, 5) is 10.9. The minimum atomic E-state index is -1.58. The van der Waals surface area contributed by atoms with E-state index in [0.29, 0.717) is 19.0 Å². The van der Waals surface area contributed by atoms with Crippen molar-refractivity contribution in [2.45, 2.75) is 32.7 Å². The van der Waals surface area contributed by atoms with Crippen molar-refractivity contribution in [3.05, 3.63) is 12.7 Å². The van der Waals surface area contributed by atoms with Crippen LogP contribution >= 0.6 is 11.8 Å². The number of rotatable bonds is 8. The minimum absolute atomic E-state index is 0.000478. The third-order valence-electron chi connectivity index (χ3n) is 1.53. The first-order valence-corrected chi connectivity index (χ1v) is 9.74. The molecule has 0 radical (unpaired) electrons. The lowest BCUT2D eigenvalue weighted by Crippen LogP contribution is -2.36. The number of thioether (sulfide) groups is 1. The van der Waals surface area contributed by atoms with E-state index in [1.807, 2.05) is 0 Å². The molecular formula is C11H22O3SSi. The largest absolute Gasteiger partial charge is 0.412 e. The van der Waals surface area contributed by atoms with Crippen molar-refractivity contribution in [1.29, 1.82) is 0 Å². The highest BCUT2D eigenvalue weighted by Gasteiger charge is 2.21. The van der Waals surface area contributed by atoms with Gasteiger partial charge in [-0.2, -0.15) is 0 Å². The van der Waals surface area contributed by atoms with Crippen LogP contribution in [-0.2, 0) is 14.0 Å². The molecule has 0 aromatic rings. The number of carbonyl (C=O) groups is 1. The zero-order valence-corrected chi connectivity index (χ0v) is 12.4. The van der Waals surface area contributed by atoms with Crippen molar-refractivity contribution in [3.8, 4) is 0 Å². The maximum Gasteiger partial charge on any atom is 0.185 e. The van der Waals surface area contributed by atoms with Gasteiger partial charge < -0.3 is 9.16 Å². The summed E-state index contributed by atoms with van der Waals surface area (Å²) < 4.78 is 11.3. The predicted molar refractivity (Wildman–Crippen MR) is 72.4 cm³/mol. The second-order valence-electron chi connectivity index (χ2n) is 4.48. The monoisotopic (exact) mass is 262 g/mol. The number of hydrogen-bond acceptors (Lipinski definition) is 4. The van der Waals surface area contributed by atoms with Gasteiger partial charge in [0.15, 0.2) is 13.4 Å². The van der Waals surface area contributed by atoms with E-state index in [4.69, 9.17) is 9.16 Å². The molecule has 0 heterocycles. The molecule has 0 saturated carbocycles. The molecule has 0 aliphatic rings. The van der Waals surface area contributed by atoms with E-state index in [1.165, 1.54) is 11.8 Å². The fourth-order valence-corrected chi connectivity index (χ4v) is 2.97. The summed E-state index contributed by atoms with van der Waals surface area (Å²) in [7, 11) is -1.58. The zero-order chi connectivity index (χ0) is 12.6. The van der Waals surface area contributed by atoms with Crippen LogP contribution in [0.15, 0.2) is 12.7 Å². The SMILES string of the molecule is C=CCOC[C@@H](CSC(C)=O)O[Si](C)(C)C. The van der Waals surface area contributed by atoms with Crippen LogP contribution in [-0.4, -0.2) is 38.5 Å². The van der Waals surface area contributed by atoms with Crippen LogP contribution in [0.4, 0.5) is 0 Å². The smallest absolute Gasteiger partial charge is 0.185 e. The Morgan fingerprint density at radius 3 is 2.56 bits per heavy atom.